The molecule has 2 aliphatic heterocycles. The van der Waals surface area contributed by atoms with Crippen molar-refractivity contribution in [1.82, 2.24) is 0 Å². The molecule has 0 aromatic heterocycles. The molecule has 2 aliphatic rings. The summed E-state index contributed by atoms with van der Waals surface area (Å²) >= 11 is 0. The summed E-state index contributed by atoms with van der Waals surface area (Å²) in [5.74, 6) is -0.690. The third-order valence-electron chi connectivity index (χ3n) is 5.44. The van der Waals surface area contributed by atoms with Gasteiger partial charge in [-0.2, -0.15) is 0 Å². The lowest BCUT2D eigenvalue weighted by molar-refractivity contribution is -0.298. The van der Waals surface area contributed by atoms with Gasteiger partial charge in [0.15, 0.2) is 5.79 Å². The molecule has 0 aliphatic carbocycles. The molecule has 132 valence electrons. The van der Waals surface area contributed by atoms with Crippen LogP contribution in [0.25, 0.3) is 0 Å². The Bertz CT molecular complexity index is 580. The van der Waals surface area contributed by atoms with Gasteiger partial charge in [-0.15, -0.1) is 0 Å². The second-order valence-electron chi connectivity index (χ2n) is 8.90. The predicted octanol–water partition coefficient (Wildman–Crippen LogP) is 3.23. The van der Waals surface area contributed by atoms with E-state index in [0.29, 0.717) is 13.2 Å². The number of hydrogen-bond donors (Lipinski definition) is 0. The number of ether oxygens (including phenoxy) is 2. The van der Waals surface area contributed by atoms with Crippen LogP contribution in [0.5, 0.6) is 0 Å². The van der Waals surface area contributed by atoms with Gasteiger partial charge in [-0.1, -0.05) is 38.1 Å². The Hall–Kier alpha value is -0.875. The summed E-state index contributed by atoms with van der Waals surface area (Å²) in [5.41, 5.74) is 1.42. The summed E-state index contributed by atoms with van der Waals surface area (Å²) < 4.78 is 24.2. The van der Waals surface area contributed by atoms with Gasteiger partial charge in [-0.3, -0.25) is 0 Å². The van der Waals surface area contributed by atoms with E-state index in [1.54, 1.807) is 0 Å². The fraction of sp³-hybridized carbons (Fsp3) is 0.684. The summed E-state index contributed by atoms with van der Waals surface area (Å²) in [7, 11) is -0.344. The van der Waals surface area contributed by atoms with Crippen LogP contribution >= 0.6 is 0 Å². The quantitative estimate of drug-likeness (QED) is 0.779. The Labute approximate surface area is 146 Å². The standard InChI is InChI=1S/C19H29BO4/c1-16(2)12-21-19(7,22-13-16)14-8-10-15(11-9-14)20-23-17(3,4)18(5,6)24-20/h8-11H,12-13H2,1-7H3. The van der Waals surface area contributed by atoms with E-state index in [-0.39, 0.29) is 23.7 Å². The molecule has 0 amide bonds. The first-order valence-corrected chi connectivity index (χ1v) is 8.68. The van der Waals surface area contributed by atoms with Gasteiger partial charge in [0.1, 0.15) is 0 Å². The maximum atomic E-state index is 6.10. The predicted molar refractivity (Wildman–Crippen MR) is 95.2 cm³/mol. The molecule has 24 heavy (non-hydrogen) atoms. The van der Waals surface area contributed by atoms with E-state index >= 15 is 0 Å². The smallest absolute Gasteiger partial charge is 0.399 e. The van der Waals surface area contributed by atoms with Gasteiger partial charge in [0.2, 0.25) is 0 Å². The van der Waals surface area contributed by atoms with E-state index in [1.807, 2.05) is 31.2 Å². The Morgan fingerprint density at radius 2 is 1.21 bits per heavy atom. The normalized spacial score (nSPS) is 27.2. The number of benzene rings is 1. The van der Waals surface area contributed by atoms with Crippen molar-refractivity contribution in [3.63, 3.8) is 0 Å². The lowest BCUT2D eigenvalue weighted by Gasteiger charge is -2.41. The van der Waals surface area contributed by atoms with E-state index in [2.05, 4.69) is 41.5 Å². The van der Waals surface area contributed by atoms with E-state index < -0.39 is 5.79 Å². The zero-order valence-electron chi connectivity index (χ0n) is 15.9. The highest BCUT2D eigenvalue weighted by molar-refractivity contribution is 6.62. The van der Waals surface area contributed by atoms with Gasteiger partial charge in [0.05, 0.1) is 24.4 Å². The zero-order valence-corrected chi connectivity index (χ0v) is 15.9. The third-order valence-corrected chi connectivity index (χ3v) is 5.44. The van der Waals surface area contributed by atoms with Gasteiger partial charge < -0.3 is 18.8 Å². The lowest BCUT2D eigenvalue weighted by Crippen LogP contribution is -2.44. The van der Waals surface area contributed by atoms with Crippen molar-refractivity contribution in [2.24, 2.45) is 5.41 Å². The van der Waals surface area contributed by atoms with Crippen LogP contribution in [0.2, 0.25) is 0 Å². The topological polar surface area (TPSA) is 36.9 Å². The molecule has 4 nitrogen and oxygen atoms in total. The molecule has 1 aromatic rings. The maximum Gasteiger partial charge on any atom is 0.494 e. The molecule has 0 spiro atoms. The molecule has 0 atom stereocenters. The molecule has 0 unspecified atom stereocenters. The van der Waals surface area contributed by atoms with Gasteiger partial charge in [0, 0.05) is 11.0 Å². The summed E-state index contributed by atoms with van der Waals surface area (Å²) in [6, 6.07) is 8.15. The van der Waals surface area contributed by atoms with Gasteiger partial charge >= 0.3 is 7.12 Å². The lowest BCUT2D eigenvalue weighted by atomic mass is 9.78. The maximum absolute atomic E-state index is 6.10. The van der Waals surface area contributed by atoms with Crippen LogP contribution in [0.1, 0.15) is 54.0 Å². The van der Waals surface area contributed by atoms with Gasteiger partial charge in [-0.05, 0) is 40.1 Å². The monoisotopic (exact) mass is 332 g/mol. The van der Waals surface area contributed by atoms with Crippen LogP contribution in [0, 0.1) is 5.41 Å². The summed E-state index contributed by atoms with van der Waals surface area (Å²) in [5, 5.41) is 0. The van der Waals surface area contributed by atoms with Crippen molar-refractivity contribution in [3.05, 3.63) is 29.8 Å². The summed E-state index contributed by atoms with van der Waals surface area (Å²) in [6.45, 7) is 15.9. The van der Waals surface area contributed by atoms with Crippen molar-refractivity contribution in [1.29, 1.82) is 0 Å². The van der Waals surface area contributed by atoms with Crippen molar-refractivity contribution in [3.8, 4) is 0 Å². The van der Waals surface area contributed by atoms with Gasteiger partial charge in [-0.25, -0.2) is 0 Å². The molecule has 0 bridgehead atoms. The molecule has 0 saturated carbocycles. The fourth-order valence-electron chi connectivity index (χ4n) is 2.84. The van der Waals surface area contributed by atoms with Crippen LogP contribution in [0.3, 0.4) is 0 Å². The molecule has 3 rings (SSSR count). The van der Waals surface area contributed by atoms with Crippen LogP contribution in [0.15, 0.2) is 24.3 Å². The summed E-state index contributed by atoms with van der Waals surface area (Å²) in [4.78, 5) is 0. The van der Waals surface area contributed by atoms with Crippen molar-refractivity contribution < 1.29 is 18.8 Å². The highest BCUT2D eigenvalue weighted by atomic mass is 16.7. The molecule has 0 N–H and O–H groups in total. The Balaban J connectivity index is 1.75. The van der Waals surface area contributed by atoms with E-state index in [9.17, 15) is 0 Å². The Morgan fingerprint density at radius 3 is 1.67 bits per heavy atom. The second-order valence-corrected chi connectivity index (χ2v) is 8.90. The SMILES string of the molecule is CC1(C)COC(C)(c2ccc(B3OC(C)(C)C(C)(C)O3)cc2)OC1. The molecule has 2 heterocycles. The van der Waals surface area contributed by atoms with Gasteiger partial charge in [0.25, 0.3) is 0 Å². The first-order chi connectivity index (χ1) is 10.9. The minimum absolute atomic E-state index is 0.0577. The van der Waals surface area contributed by atoms with Crippen LogP contribution in [-0.4, -0.2) is 31.5 Å². The Morgan fingerprint density at radius 1 is 0.750 bits per heavy atom. The van der Waals surface area contributed by atoms with Crippen LogP contribution in [0.4, 0.5) is 0 Å². The average Bonchev–Trinajstić information content (AvgIpc) is 2.71. The third kappa shape index (κ3) is 3.15. The largest absolute Gasteiger partial charge is 0.494 e. The molecule has 1 aromatic carbocycles. The summed E-state index contributed by atoms with van der Waals surface area (Å²) in [6.07, 6.45) is 0. The minimum Gasteiger partial charge on any atom is -0.399 e. The van der Waals surface area contributed by atoms with Crippen molar-refractivity contribution in [2.75, 3.05) is 13.2 Å². The van der Waals surface area contributed by atoms with E-state index in [1.165, 1.54) is 0 Å². The molecule has 2 fully saturated rings. The molecule has 0 radical (unpaired) electrons. The van der Waals surface area contributed by atoms with Crippen LogP contribution < -0.4 is 5.46 Å². The fourth-order valence-corrected chi connectivity index (χ4v) is 2.84. The molecule has 2 saturated heterocycles. The van der Waals surface area contributed by atoms with Crippen molar-refractivity contribution >= 4 is 12.6 Å². The molecular formula is C19H29BO4. The first kappa shape index (κ1) is 17.9. The van der Waals surface area contributed by atoms with Crippen molar-refractivity contribution in [2.45, 2.75) is 65.5 Å². The second kappa shape index (κ2) is 5.56. The highest BCUT2D eigenvalue weighted by Crippen LogP contribution is 2.38. The zero-order chi connectivity index (χ0) is 17.8. The number of rotatable bonds is 2. The number of hydrogen-bond acceptors (Lipinski definition) is 4. The molecule has 5 heteroatoms. The van der Waals surface area contributed by atoms with Crippen LogP contribution in [-0.2, 0) is 24.6 Å². The minimum atomic E-state index is -0.690. The molecular weight excluding hydrogens is 303 g/mol. The Kier molecular flexibility index (Phi) is 4.16. The van der Waals surface area contributed by atoms with E-state index in [0.717, 1.165) is 11.0 Å². The first-order valence-electron chi connectivity index (χ1n) is 8.68. The average molecular weight is 332 g/mol. The highest BCUT2D eigenvalue weighted by Gasteiger charge is 2.51. The van der Waals surface area contributed by atoms with E-state index in [4.69, 9.17) is 18.8 Å².